The number of rotatable bonds is 4. The molecule has 124 valence electrons. The van der Waals surface area contributed by atoms with Crippen LogP contribution in [0.3, 0.4) is 0 Å². The molecule has 0 saturated heterocycles. The summed E-state index contributed by atoms with van der Waals surface area (Å²) >= 11 is 0. The molecule has 6 nitrogen and oxygen atoms in total. The monoisotopic (exact) mass is 330 g/mol. The average Bonchev–Trinajstić information content (AvgIpc) is 3.06. The van der Waals surface area contributed by atoms with Gasteiger partial charge in [0, 0.05) is 6.07 Å². The molecule has 2 heterocycles. The molecule has 6 heteroatoms. The van der Waals surface area contributed by atoms with E-state index in [1.54, 1.807) is 12.4 Å². The summed E-state index contributed by atoms with van der Waals surface area (Å²) in [6.45, 7) is 2.06. The highest BCUT2D eigenvalue weighted by Crippen LogP contribution is 2.21. The minimum absolute atomic E-state index is 0.0652. The van der Waals surface area contributed by atoms with Gasteiger partial charge < -0.3 is 11.1 Å². The smallest absolute Gasteiger partial charge is 0.227 e. The van der Waals surface area contributed by atoms with Crippen LogP contribution in [0.25, 0.3) is 16.9 Å². The largest absolute Gasteiger partial charge is 0.383 e. The van der Waals surface area contributed by atoms with Gasteiger partial charge in [0.25, 0.3) is 0 Å². The number of nitrogens with zero attached hydrogens (tertiary/aromatic N) is 4. The standard InChI is InChI=1S/C19H18N6/c1-13(14-7-3-2-4-8-14)22-19-23-17(20)11-18(24-19)25-12-21-15-9-5-6-10-16(15)25/h2-13H,1H3,(H3,20,22,23,24)/t13-/m0/s1. The third-order valence-electron chi connectivity index (χ3n) is 4.08. The molecular weight excluding hydrogens is 312 g/mol. The van der Waals surface area contributed by atoms with Gasteiger partial charge in [-0.3, -0.25) is 4.57 Å². The van der Waals surface area contributed by atoms with E-state index in [-0.39, 0.29) is 6.04 Å². The van der Waals surface area contributed by atoms with Gasteiger partial charge in [-0.25, -0.2) is 4.98 Å². The molecule has 2 aromatic carbocycles. The van der Waals surface area contributed by atoms with Crippen molar-refractivity contribution in [2.45, 2.75) is 13.0 Å². The fourth-order valence-corrected chi connectivity index (χ4v) is 2.80. The normalized spacial score (nSPS) is 12.2. The molecule has 25 heavy (non-hydrogen) atoms. The summed E-state index contributed by atoms with van der Waals surface area (Å²) in [5.74, 6) is 1.58. The van der Waals surface area contributed by atoms with Crippen molar-refractivity contribution in [2.24, 2.45) is 0 Å². The Balaban J connectivity index is 1.69. The second kappa shape index (κ2) is 6.24. The molecule has 0 saturated carbocycles. The van der Waals surface area contributed by atoms with E-state index in [0.717, 1.165) is 16.6 Å². The van der Waals surface area contributed by atoms with E-state index in [0.29, 0.717) is 17.6 Å². The van der Waals surface area contributed by atoms with Gasteiger partial charge in [-0.15, -0.1) is 0 Å². The number of benzene rings is 2. The highest BCUT2D eigenvalue weighted by atomic mass is 15.2. The van der Waals surface area contributed by atoms with Crippen LogP contribution in [0.5, 0.6) is 0 Å². The second-order valence-corrected chi connectivity index (χ2v) is 5.85. The van der Waals surface area contributed by atoms with Crippen LogP contribution >= 0.6 is 0 Å². The zero-order valence-electron chi connectivity index (χ0n) is 13.8. The number of nitrogens with two attached hydrogens (primary N) is 1. The van der Waals surface area contributed by atoms with Gasteiger partial charge >= 0.3 is 0 Å². The number of aromatic nitrogens is 4. The second-order valence-electron chi connectivity index (χ2n) is 5.85. The maximum atomic E-state index is 6.00. The Morgan fingerprint density at radius 3 is 2.60 bits per heavy atom. The summed E-state index contributed by atoms with van der Waals surface area (Å²) in [6.07, 6.45) is 1.75. The topological polar surface area (TPSA) is 81.6 Å². The zero-order chi connectivity index (χ0) is 17.2. The van der Waals surface area contributed by atoms with Crippen LogP contribution in [0.1, 0.15) is 18.5 Å². The van der Waals surface area contributed by atoms with Crippen LogP contribution in [0.15, 0.2) is 67.0 Å². The highest BCUT2D eigenvalue weighted by Gasteiger charge is 2.11. The molecule has 0 spiro atoms. The van der Waals surface area contributed by atoms with E-state index in [2.05, 4.69) is 39.3 Å². The molecule has 0 radical (unpaired) electrons. The van der Waals surface area contributed by atoms with Gasteiger partial charge in [-0.05, 0) is 24.6 Å². The quantitative estimate of drug-likeness (QED) is 0.598. The first kappa shape index (κ1) is 15.1. The summed E-state index contributed by atoms with van der Waals surface area (Å²) in [4.78, 5) is 13.3. The van der Waals surface area contributed by atoms with Gasteiger partial charge in [0.15, 0.2) is 0 Å². The summed E-state index contributed by atoms with van der Waals surface area (Å²) < 4.78 is 1.91. The maximum absolute atomic E-state index is 6.00. The Labute approximate surface area is 145 Å². The Morgan fingerprint density at radius 1 is 1.00 bits per heavy atom. The van der Waals surface area contributed by atoms with Gasteiger partial charge in [-0.1, -0.05) is 42.5 Å². The highest BCUT2D eigenvalue weighted by molar-refractivity contribution is 5.77. The van der Waals surface area contributed by atoms with Crippen molar-refractivity contribution in [1.82, 2.24) is 19.5 Å². The van der Waals surface area contributed by atoms with E-state index >= 15 is 0 Å². The van der Waals surface area contributed by atoms with Crippen molar-refractivity contribution in [3.05, 3.63) is 72.6 Å². The third-order valence-corrected chi connectivity index (χ3v) is 4.08. The fraction of sp³-hybridized carbons (Fsp3) is 0.105. The Hall–Kier alpha value is -3.41. The lowest BCUT2D eigenvalue weighted by Gasteiger charge is -2.15. The van der Waals surface area contributed by atoms with Crippen LogP contribution in [0.2, 0.25) is 0 Å². The van der Waals surface area contributed by atoms with Crippen molar-refractivity contribution in [3.63, 3.8) is 0 Å². The molecule has 0 unspecified atom stereocenters. The average molecular weight is 330 g/mol. The summed E-state index contributed by atoms with van der Waals surface area (Å²) in [5.41, 5.74) is 9.04. The zero-order valence-corrected chi connectivity index (χ0v) is 13.8. The molecule has 3 N–H and O–H groups in total. The van der Waals surface area contributed by atoms with Gasteiger partial charge in [0.05, 0.1) is 17.1 Å². The van der Waals surface area contributed by atoms with Crippen LogP contribution in [-0.2, 0) is 0 Å². The van der Waals surface area contributed by atoms with Crippen molar-refractivity contribution < 1.29 is 0 Å². The van der Waals surface area contributed by atoms with Crippen molar-refractivity contribution in [3.8, 4) is 5.82 Å². The van der Waals surface area contributed by atoms with Gasteiger partial charge in [-0.2, -0.15) is 9.97 Å². The van der Waals surface area contributed by atoms with Crippen LogP contribution in [0, 0.1) is 0 Å². The van der Waals surface area contributed by atoms with E-state index in [1.807, 2.05) is 47.0 Å². The number of fused-ring (bicyclic) bond motifs is 1. The Kier molecular flexibility index (Phi) is 3.78. The predicted molar refractivity (Wildman–Crippen MR) is 99.6 cm³/mol. The van der Waals surface area contributed by atoms with E-state index < -0.39 is 0 Å². The van der Waals surface area contributed by atoms with Crippen molar-refractivity contribution >= 4 is 22.8 Å². The molecule has 1 atom stereocenters. The van der Waals surface area contributed by atoms with Gasteiger partial charge in [0.2, 0.25) is 5.95 Å². The number of para-hydroxylation sites is 2. The lowest BCUT2D eigenvalue weighted by molar-refractivity contribution is 0.855. The number of nitrogen functional groups attached to an aromatic ring is 1. The molecule has 0 amide bonds. The van der Waals surface area contributed by atoms with Crippen LogP contribution < -0.4 is 11.1 Å². The first-order valence-electron chi connectivity index (χ1n) is 8.09. The SMILES string of the molecule is C[C@H](Nc1nc(N)cc(-n2cnc3ccccc32)n1)c1ccccc1. The summed E-state index contributed by atoms with van der Waals surface area (Å²) in [6, 6.07) is 19.9. The fourth-order valence-electron chi connectivity index (χ4n) is 2.80. The van der Waals surface area contributed by atoms with Crippen LogP contribution in [-0.4, -0.2) is 19.5 Å². The summed E-state index contributed by atoms with van der Waals surface area (Å²) in [5, 5.41) is 3.31. The lowest BCUT2D eigenvalue weighted by atomic mass is 10.1. The number of nitrogens with one attached hydrogen (secondary N) is 1. The van der Waals surface area contributed by atoms with E-state index in [1.165, 1.54) is 0 Å². The number of imidazole rings is 1. The molecule has 4 aromatic rings. The minimum Gasteiger partial charge on any atom is -0.383 e. The number of hydrogen-bond acceptors (Lipinski definition) is 5. The Bertz CT molecular complexity index is 1010. The molecule has 0 aliphatic heterocycles. The molecule has 4 rings (SSSR count). The summed E-state index contributed by atoms with van der Waals surface area (Å²) in [7, 11) is 0. The first-order valence-corrected chi connectivity index (χ1v) is 8.09. The molecular formula is C19H18N6. The maximum Gasteiger partial charge on any atom is 0.227 e. The van der Waals surface area contributed by atoms with Crippen molar-refractivity contribution in [1.29, 1.82) is 0 Å². The number of anilines is 2. The van der Waals surface area contributed by atoms with Gasteiger partial charge in [0.1, 0.15) is 18.0 Å². The lowest BCUT2D eigenvalue weighted by Crippen LogP contribution is -2.12. The molecule has 2 aromatic heterocycles. The first-order chi connectivity index (χ1) is 12.2. The van der Waals surface area contributed by atoms with E-state index in [4.69, 9.17) is 5.73 Å². The third kappa shape index (κ3) is 3.01. The minimum atomic E-state index is 0.0652. The molecule has 0 aliphatic rings. The van der Waals surface area contributed by atoms with Crippen molar-refractivity contribution in [2.75, 3.05) is 11.1 Å². The predicted octanol–water partition coefficient (Wildman–Crippen LogP) is 3.57. The van der Waals surface area contributed by atoms with E-state index in [9.17, 15) is 0 Å². The number of hydrogen-bond donors (Lipinski definition) is 2. The Morgan fingerprint density at radius 2 is 1.76 bits per heavy atom. The van der Waals surface area contributed by atoms with Crippen LogP contribution in [0.4, 0.5) is 11.8 Å². The molecule has 0 aliphatic carbocycles. The molecule has 0 bridgehead atoms. The molecule has 0 fully saturated rings.